The van der Waals surface area contributed by atoms with Gasteiger partial charge in [-0.25, -0.2) is 0 Å². The van der Waals surface area contributed by atoms with Crippen LogP contribution in [0.1, 0.15) is 36.6 Å². The van der Waals surface area contributed by atoms with Crippen molar-refractivity contribution >= 4 is 23.2 Å². The van der Waals surface area contributed by atoms with Gasteiger partial charge in [-0.1, -0.05) is 30.9 Å². The average Bonchev–Trinajstić information content (AvgIpc) is 2.33. The number of hydrogen-bond donors (Lipinski definition) is 0. The van der Waals surface area contributed by atoms with Gasteiger partial charge in [-0.15, -0.1) is 11.6 Å². The summed E-state index contributed by atoms with van der Waals surface area (Å²) in [5, 5.41) is 0.592. The summed E-state index contributed by atoms with van der Waals surface area (Å²) in [5.41, 5.74) is 0.933. The van der Waals surface area contributed by atoms with Crippen molar-refractivity contribution in [2.45, 2.75) is 31.1 Å². The topological polar surface area (TPSA) is 18.5 Å². The molecule has 0 aliphatic heterocycles. The molecule has 1 aliphatic rings. The third kappa shape index (κ3) is 2.86. The van der Waals surface area contributed by atoms with E-state index in [-0.39, 0.29) is 5.38 Å². The maximum absolute atomic E-state index is 6.46. The maximum Gasteiger partial charge on any atom is 0.162 e. The van der Waals surface area contributed by atoms with Crippen LogP contribution in [0.2, 0.25) is 5.02 Å². The van der Waals surface area contributed by atoms with E-state index in [0.717, 1.165) is 17.9 Å². The predicted octanol–water partition coefficient (Wildman–Crippen LogP) is 4.83. The molecule has 1 aromatic rings. The molecule has 0 radical (unpaired) electrons. The van der Waals surface area contributed by atoms with Crippen LogP contribution in [0.25, 0.3) is 0 Å². The SMILES string of the molecule is COc1cc(Cl)c(C(Cl)CC2CCC2)cc1OC. The van der Waals surface area contributed by atoms with E-state index in [4.69, 9.17) is 32.7 Å². The molecular weight excluding hydrogens is 271 g/mol. The summed E-state index contributed by atoms with van der Waals surface area (Å²) in [5.74, 6) is 2.06. The Bertz CT molecular complexity index is 417. The number of rotatable bonds is 5. The number of methoxy groups -OCH3 is 2. The summed E-state index contributed by atoms with van der Waals surface area (Å²) in [4.78, 5) is 0. The molecule has 1 unspecified atom stereocenters. The van der Waals surface area contributed by atoms with Gasteiger partial charge in [0.2, 0.25) is 0 Å². The molecule has 1 saturated carbocycles. The first-order valence-electron chi connectivity index (χ1n) is 6.21. The molecule has 0 saturated heterocycles. The molecule has 1 atom stereocenters. The van der Waals surface area contributed by atoms with Crippen molar-refractivity contribution in [3.8, 4) is 11.5 Å². The summed E-state index contributed by atoms with van der Waals surface area (Å²) in [6, 6.07) is 3.66. The number of alkyl halides is 1. The third-order valence-corrected chi connectivity index (χ3v) is 4.35. The van der Waals surface area contributed by atoms with Crippen LogP contribution >= 0.6 is 23.2 Å². The van der Waals surface area contributed by atoms with Crippen LogP contribution in [0, 0.1) is 5.92 Å². The molecule has 1 aromatic carbocycles. The van der Waals surface area contributed by atoms with E-state index >= 15 is 0 Å². The zero-order valence-corrected chi connectivity index (χ0v) is 12.2. The Hall–Kier alpha value is -0.600. The van der Waals surface area contributed by atoms with Gasteiger partial charge < -0.3 is 9.47 Å². The molecule has 0 spiro atoms. The number of halogens is 2. The summed E-state index contributed by atoms with van der Waals surface area (Å²) in [7, 11) is 3.21. The van der Waals surface area contributed by atoms with Crippen molar-refractivity contribution in [1.82, 2.24) is 0 Å². The molecule has 1 fully saturated rings. The molecule has 0 aromatic heterocycles. The number of benzene rings is 1. The first-order chi connectivity index (χ1) is 8.65. The smallest absolute Gasteiger partial charge is 0.162 e. The van der Waals surface area contributed by atoms with E-state index in [9.17, 15) is 0 Å². The molecule has 100 valence electrons. The van der Waals surface area contributed by atoms with Crippen molar-refractivity contribution in [2.24, 2.45) is 5.92 Å². The molecule has 2 nitrogen and oxygen atoms in total. The lowest BCUT2D eigenvalue weighted by molar-refractivity contribution is 0.293. The predicted molar refractivity (Wildman–Crippen MR) is 75.1 cm³/mol. The van der Waals surface area contributed by atoms with Gasteiger partial charge in [0.25, 0.3) is 0 Å². The zero-order valence-electron chi connectivity index (χ0n) is 10.7. The van der Waals surface area contributed by atoms with Gasteiger partial charge in [0, 0.05) is 11.1 Å². The molecule has 18 heavy (non-hydrogen) atoms. The fraction of sp³-hybridized carbons (Fsp3) is 0.571. The van der Waals surface area contributed by atoms with Crippen molar-refractivity contribution in [3.63, 3.8) is 0 Å². The Morgan fingerprint density at radius 3 is 2.33 bits per heavy atom. The van der Waals surface area contributed by atoms with Crippen molar-refractivity contribution in [3.05, 3.63) is 22.7 Å². The molecule has 0 heterocycles. The Balaban J connectivity index is 2.20. The second-order valence-corrected chi connectivity index (χ2v) is 5.66. The highest BCUT2D eigenvalue weighted by molar-refractivity contribution is 6.33. The zero-order chi connectivity index (χ0) is 13.1. The highest BCUT2D eigenvalue weighted by Crippen LogP contribution is 2.43. The second-order valence-electron chi connectivity index (χ2n) is 4.73. The molecule has 0 N–H and O–H groups in total. The lowest BCUT2D eigenvalue weighted by Crippen LogP contribution is -2.13. The first kappa shape index (κ1) is 13.8. The van der Waals surface area contributed by atoms with Gasteiger partial charge in [0.1, 0.15) is 0 Å². The largest absolute Gasteiger partial charge is 0.493 e. The minimum Gasteiger partial charge on any atom is -0.493 e. The van der Waals surface area contributed by atoms with Crippen molar-refractivity contribution < 1.29 is 9.47 Å². The summed E-state index contributed by atoms with van der Waals surface area (Å²) < 4.78 is 10.5. The monoisotopic (exact) mass is 288 g/mol. The Labute approximate surface area is 118 Å². The van der Waals surface area contributed by atoms with Gasteiger partial charge >= 0.3 is 0 Å². The van der Waals surface area contributed by atoms with Crippen LogP contribution in [0.4, 0.5) is 0 Å². The molecule has 0 bridgehead atoms. The molecule has 0 amide bonds. The van der Waals surface area contributed by atoms with E-state index in [1.54, 1.807) is 20.3 Å². The van der Waals surface area contributed by atoms with Gasteiger partial charge in [0.05, 0.1) is 19.6 Å². The lowest BCUT2D eigenvalue weighted by atomic mass is 9.81. The Morgan fingerprint density at radius 1 is 1.22 bits per heavy atom. The number of hydrogen-bond acceptors (Lipinski definition) is 2. The molecular formula is C14H18Cl2O2. The minimum absolute atomic E-state index is 0.0531. The third-order valence-electron chi connectivity index (χ3n) is 3.61. The Kier molecular flexibility index (Phi) is 4.63. The van der Waals surface area contributed by atoms with Crippen LogP contribution in [-0.4, -0.2) is 14.2 Å². The lowest BCUT2D eigenvalue weighted by Gasteiger charge is -2.27. The van der Waals surface area contributed by atoms with E-state index in [1.807, 2.05) is 6.07 Å². The second kappa shape index (κ2) is 6.03. The van der Waals surface area contributed by atoms with Crippen LogP contribution in [-0.2, 0) is 0 Å². The van der Waals surface area contributed by atoms with Crippen molar-refractivity contribution in [2.75, 3.05) is 14.2 Å². The van der Waals surface area contributed by atoms with Crippen LogP contribution in [0.3, 0.4) is 0 Å². The fourth-order valence-corrected chi connectivity index (χ4v) is 3.03. The molecule has 1 aliphatic carbocycles. The minimum atomic E-state index is -0.0531. The molecule has 2 rings (SSSR count). The fourth-order valence-electron chi connectivity index (χ4n) is 2.26. The maximum atomic E-state index is 6.46. The first-order valence-corrected chi connectivity index (χ1v) is 7.02. The summed E-state index contributed by atoms with van der Waals surface area (Å²) >= 11 is 12.7. The van der Waals surface area contributed by atoms with E-state index < -0.39 is 0 Å². The average molecular weight is 289 g/mol. The summed E-state index contributed by atoms with van der Waals surface area (Å²) in [6.07, 6.45) is 4.88. The van der Waals surface area contributed by atoms with Gasteiger partial charge in [-0.3, -0.25) is 0 Å². The standard InChI is InChI=1S/C14H18Cl2O2/c1-17-13-7-10(12(16)8-14(13)18-2)11(15)6-9-4-3-5-9/h7-9,11H,3-6H2,1-2H3. The summed E-state index contributed by atoms with van der Waals surface area (Å²) in [6.45, 7) is 0. The van der Waals surface area contributed by atoms with Crippen LogP contribution < -0.4 is 9.47 Å². The van der Waals surface area contributed by atoms with Crippen LogP contribution in [0.15, 0.2) is 12.1 Å². The van der Waals surface area contributed by atoms with E-state index in [1.165, 1.54) is 19.3 Å². The van der Waals surface area contributed by atoms with Crippen molar-refractivity contribution in [1.29, 1.82) is 0 Å². The van der Waals surface area contributed by atoms with Gasteiger partial charge in [0.15, 0.2) is 11.5 Å². The normalized spacial score (nSPS) is 17.1. The quantitative estimate of drug-likeness (QED) is 0.723. The van der Waals surface area contributed by atoms with E-state index in [0.29, 0.717) is 16.5 Å². The number of ether oxygens (including phenoxy) is 2. The van der Waals surface area contributed by atoms with Crippen LogP contribution in [0.5, 0.6) is 11.5 Å². The highest BCUT2D eigenvalue weighted by atomic mass is 35.5. The van der Waals surface area contributed by atoms with E-state index in [2.05, 4.69) is 0 Å². The molecule has 4 heteroatoms. The highest BCUT2D eigenvalue weighted by Gasteiger charge is 2.24. The van der Waals surface area contributed by atoms with Gasteiger partial charge in [-0.05, 0) is 24.0 Å². The van der Waals surface area contributed by atoms with Gasteiger partial charge in [-0.2, -0.15) is 0 Å². The Morgan fingerprint density at radius 2 is 1.83 bits per heavy atom.